The third-order valence-corrected chi connectivity index (χ3v) is 3.15. The van der Waals surface area contributed by atoms with Crippen LogP contribution in [0.2, 0.25) is 0 Å². The van der Waals surface area contributed by atoms with Crippen LogP contribution in [0.5, 0.6) is 5.75 Å². The number of carbonyl (C=O) groups is 2. The molecule has 1 aromatic rings. The minimum atomic E-state index is -0.385. The molecule has 0 aromatic heterocycles. The minimum Gasteiger partial charge on any atom is -0.495 e. The summed E-state index contributed by atoms with van der Waals surface area (Å²) < 4.78 is 10.8. The van der Waals surface area contributed by atoms with E-state index in [4.69, 9.17) is 9.47 Å². The van der Waals surface area contributed by atoms with E-state index >= 15 is 0 Å². The Bertz CT molecular complexity index is 531. The largest absolute Gasteiger partial charge is 0.495 e. The van der Waals surface area contributed by atoms with E-state index in [0.29, 0.717) is 24.4 Å². The van der Waals surface area contributed by atoms with Crippen LogP contribution < -0.4 is 15.0 Å². The van der Waals surface area contributed by atoms with Crippen LogP contribution in [0.25, 0.3) is 0 Å². The van der Waals surface area contributed by atoms with E-state index in [1.54, 1.807) is 19.2 Å². The van der Waals surface area contributed by atoms with Gasteiger partial charge in [0.05, 0.1) is 12.8 Å². The van der Waals surface area contributed by atoms with Crippen LogP contribution in [0.1, 0.15) is 34.1 Å². The fourth-order valence-electron chi connectivity index (χ4n) is 2.28. The highest BCUT2D eigenvalue weighted by Crippen LogP contribution is 2.33. The molecule has 1 N–H and O–H groups in total. The fraction of sp³-hybridized carbons (Fsp3) is 0.500. The van der Waals surface area contributed by atoms with Crippen LogP contribution in [0.15, 0.2) is 18.2 Å². The van der Waals surface area contributed by atoms with Crippen LogP contribution in [-0.4, -0.2) is 31.8 Å². The second-order valence-electron chi connectivity index (χ2n) is 4.83. The van der Waals surface area contributed by atoms with E-state index in [2.05, 4.69) is 5.32 Å². The lowest BCUT2D eigenvalue weighted by molar-refractivity contribution is -0.146. The average Bonchev–Trinajstić information content (AvgIpc) is 2.46. The van der Waals surface area contributed by atoms with E-state index in [-0.39, 0.29) is 18.1 Å². The van der Waals surface area contributed by atoms with Gasteiger partial charge in [-0.15, -0.1) is 0 Å². The molecule has 1 amide bonds. The van der Waals surface area contributed by atoms with Crippen molar-refractivity contribution in [2.24, 2.45) is 0 Å². The smallest absolute Gasteiger partial charge is 0.304 e. The van der Waals surface area contributed by atoms with Crippen molar-refractivity contribution in [1.82, 2.24) is 0 Å². The van der Waals surface area contributed by atoms with Gasteiger partial charge in [0.2, 0.25) is 5.91 Å². The Balaban J connectivity index is 3.21. The summed E-state index contributed by atoms with van der Waals surface area (Å²) in [6.45, 7) is 7.39. The molecule has 6 heteroatoms. The first-order valence-electron chi connectivity index (χ1n) is 7.32. The Morgan fingerprint density at radius 1 is 1.27 bits per heavy atom. The summed E-state index contributed by atoms with van der Waals surface area (Å²) in [4.78, 5) is 24.5. The van der Waals surface area contributed by atoms with Crippen LogP contribution >= 0.6 is 0 Å². The molecule has 122 valence electrons. The first-order chi connectivity index (χ1) is 10.4. The van der Waals surface area contributed by atoms with Crippen molar-refractivity contribution in [3.8, 4) is 5.75 Å². The van der Waals surface area contributed by atoms with Crippen molar-refractivity contribution >= 4 is 23.3 Å². The molecule has 0 aliphatic heterocycles. The highest BCUT2D eigenvalue weighted by molar-refractivity contribution is 5.89. The SMILES string of the molecule is CCC(OC(C)=O)N(CC)c1cc(NC(C)=O)ccc1OC. The van der Waals surface area contributed by atoms with Gasteiger partial charge in [-0.25, -0.2) is 0 Å². The van der Waals surface area contributed by atoms with Crippen molar-refractivity contribution in [1.29, 1.82) is 0 Å². The van der Waals surface area contributed by atoms with Gasteiger partial charge in [-0.3, -0.25) is 9.59 Å². The Morgan fingerprint density at radius 3 is 2.41 bits per heavy atom. The van der Waals surface area contributed by atoms with Crippen molar-refractivity contribution in [3.05, 3.63) is 18.2 Å². The summed E-state index contributed by atoms with van der Waals surface area (Å²) in [6.07, 6.45) is 0.255. The van der Waals surface area contributed by atoms with Crippen molar-refractivity contribution in [3.63, 3.8) is 0 Å². The summed E-state index contributed by atoms with van der Waals surface area (Å²) >= 11 is 0. The second-order valence-corrected chi connectivity index (χ2v) is 4.83. The molecule has 0 heterocycles. The third-order valence-electron chi connectivity index (χ3n) is 3.15. The normalized spacial score (nSPS) is 11.5. The molecule has 1 aromatic carbocycles. The molecule has 0 saturated heterocycles. The Morgan fingerprint density at radius 2 is 1.95 bits per heavy atom. The molecule has 0 radical (unpaired) electrons. The highest BCUT2D eigenvalue weighted by Gasteiger charge is 2.22. The first kappa shape index (κ1) is 17.8. The van der Waals surface area contributed by atoms with Gasteiger partial charge in [0.1, 0.15) is 5.75 Å². The molecule has 22 heavy (non-hydrogen) atoms. The number of carbonyl (C=O) groups excluding carboxylic acids is 2. The van der Waals surface area contributed by atoms with Crippen molar-refractivity contribution in [2.45, 2.75) is 40.3 Å². The van der Waals surface area contributed by atoms with E-state index in [1.807, 2.05) is 24.8 Å². The maximum Gasteiger partial charge on any atom is 0.304 e. The summed E-state index contributed by atoms with van der Waals surface area (Å²) in [5, 5.41) is 2.74. The molecule has 0 saturated carbocycles. The molecule has 1 atom stereocenters. The molecular formula is C16H24N2O4. The molecule has 1 unspecified atom stereocenters. The zero-order valence-corrected chi connectivity index (χ0v) is 13.8. The van der Waals surface area contributed by atoms with Crippen LogP contribution in [0, 0.1) is 0 Å². The van der Waals surface area contributed by atoms with E-state index in [9.17, 15) is 9.59 Å². The predicted molar refractivity (Wildman–Crippen MR) is 86.2 cm³/mol. The number of hydrogen-bond donors (Lipinski definition) is 1. The van der Waals surface area contributed by atoms with Crippen molar-refractivity contribution in [2.75, 3.05) is 23.9 Å². The number of nitrogens with one attached hydrogen (secondary N) is 1. The van der Waals surface area contributed by atoms with Gasteiger partial charge >= 0.3 is 5.97 Å². The van der Waals surface area contributed by atoms with Gasteiger partial charge < -0.3 is 19.7 Å². The van der Waals surface area contributed by atoms with Crippen molar-refractivity contribution < 1.29 is 19.1 Å². The van der Waals surface area contributed by atoms with Gasteiger partial charge in [0.25, 0.3) is 0 Å². The lowest BCUT2D eigenvalue weighted by Crippen LogP contribution is -2.38. The molecular weight excluding hydrogens is 284 g/mol. The minimum absolute atomic E-state index is 0.147. The fourth-order valence-corrected chi connectivity index (χ4v) is 2.28. The highest BCUT2D eigenvalue weighted by atomic mass is 16.6. The van der Waals surface area contributed by atoms with Gasteiger partial charge in [-0.05, 0) is 25.1 Å². The zero-order valence-electron chi connectivity index (χ0n) is 13.8. The van der Waals surface area contributed by atoms with Gasteiger partial charge in [0, 0.05) is 32.5 Å². The maximum absolute atomic E-state index is 11.3. The lowest BCUT2D eigenvalue weighted by atomic mass is 10.2. The number of benzene rings is 1. The van der Waals surface area contributed by atoms with E-state index in [1.165, 1.54) is 13.8 Å². The molecule has 0 fully saturated rings. The topological polar surface area (TPSA) is 67.9 Å². The molecule has 0 aliphatic carbocycles. The number of hydrogen-bond acceptors (Lipinski definition) is 5. The second kappa shape index (κ2) is 8.26. The number of rotatable bonds is 7. The average molecular weight is 308 g/mol. The van der Waals surface area contributed by atoms with Crippen LogP contribution in [-0.2, 0) is 14.3 Å². The first-order valence-corrected chi connectivity index (χ1v) is 7.32. The lowest BCUT2D eigenvalue weighted by Gasteiger charge is -2.32. The zero-order chi connectivity index (χ0) is 16.7. The summed E-state index contributed by atoms with van der Waals surface area (Å²) in [6, 6.07) is 5.37. The third kappa shape index (κ3) is 4.65. The standard InChI is InChI=1S/C16H24N2O4/c1-6-16(22-12(4)20)18(7-2)14-10-13(17-11(3)19)8-9-15(14)21-5/h8-10,16H,6-7H2,1-5H3,(H,17,19). The summed E-state index contributed by atoms with van der Waals surface area (Å²) in [5.41, 5.74) is 1.43. The maximum atomic E-state index is 11.3. The monoisotopic (exact) mass is 308 g/mol. The van der Waals surface area contributed by atoms with E-state index < -0.39 is 0 Å². The number of nitrogens with zero attached hydrogens (tertiary/aromatic N) is 1. The number of anilines is 2. The molecule has 0 aliphatic rings. The van der Waals surface area contributed by atoms with Gasteiger partial charge in [0.15, 0.2) is 6.23 Å². The van der Waals surface area contributed by atoms with E-state index in [0.717, 1.165) is 5.69 Å². The van der Waals surface area contributed by atoms with Gasteiger partial charge in [-0.1, -0.05) is 6.92 Å². The summed E-state index contributed by atoms with van der Waals surface area (Å²) in [5.74, 6) is 0.176. The van der Waals surface area contributed by atoms with Crippen LogP contribution in [0.4, 0.5) is 11.4 Å². The number of ether oxygens (including phenoxy) is 2. The van der Waals surface area contributed by atoms with Crippen LogP contribution in [0.3, 0.4) is 0 Å². The Kier molecular flexibility index (Phi) is 6.69. The number of esters is 1. The number of methoxy groups -OCH3 is 1. The quantitative estimate of drug-likeness (QED) is 0.619. The molecule has 6 nitrogen and oxygen atoms in total. The molecule has 0 bridgehead atoms. The Labute approximate surface area is 131 Å². The number of amides is 1. The predicted octanol–water partition coefficient (Wildman–Crippen LogP) is 2.78. The molecule has 1 rings (SSSR count). The van der Waals surface area contributed by atoms with Gasteiger partial charge in [-0.2, -0.15) is 0 Å². The molecule has 0 spiro atoms. The Hall–Kier alpha value is -2.24. The summed E-state index contributed by atoms with van der Waals surface area (Å²) in [7, 11) is 1.58.